The molecule has 1 N–H and O–H groups in total. The van der Waals surface area contributed by atoms with Crippen LogP contribution < -0.4 is 10.1 Å². The Balaban J connectivity index is 0.00000364. The van der Waals surface area contributed by atoms with Crippen LogP contribution in [-0.2, 0) is 17.8 Å². The van der Waals surface area contributed by atoms with Crippen molar-refractivity contribution in [1.29, 1.82) is 0 Å². The summed E-state index contributed by atoms with van der Waals surface area (Å²) in [6.07, 6.45) is 2.18. The van der Waals surface area contributed by atoms with Gasteiger partial charge in [0.25, 0.3) is 0 Å². The first-order valence-electron chi connectivity index (χ1n) is 9.25. The number of amides is 1. The van der Waals surface area contributed by atoms with Crippen LogP contribution in [0.2, 0.25) is 0 Å². The summed E-state index contributed by atoms with van der Waals surface area (Å²) in [5.74, 6) is 1.08. The number of carbonyl (C=O) groups is 1. The molecule has 0 aliphatic carbocycles. The molecule has 0 spiro atoms. The van der Waals surface area contributed by atoms with Crippen LogP contribution >= 0.6 is 12.4 Å². The highest BCUT2D eigenvalue weighted by Crippen LogP contribution is 2.22. The third-order valence-electron chi connectivity index (χ3n) is 4.57. The van der Waals surface area contributed by atoms with Gasteiger partial charge in [-0.3, -0.25) is 4.79 Å². The van der Waals surface area contributed by atoms with E-state index in [1.165, 1.54) is 0 Å². The van der Waals surface area contributed by atoms with Crippen molar-refractivity contribution in [3.05, 3.63) is 65.7 Å². The molecule has 0 aliphatic heterocycles. The predicted molar refractivity (Wildman–Crippen MR) is 114 cm³/mol. The monoisotopic (exact) mass is 390 g/mol. The van der Waals surface area contributed by atoms with Gasteiger partial charge in [0.1, 0.15) is 5.75 Å². The SMILES string of the molecule is CNCCCC(=O)N(Cc1ccccc1)C(C)Cc1ccccc1OC.Cl. The number of benzene rings is 2. The average molecular weight is 391 g/mol. The van der Waals surface area contributed by atoms with Gasteiger partial charge in [-0.1, -0.05) is 48.5 Å². The zero-order valence-electron chi connectivity index (χ0n) is 16.5. The van der Waals surface area contributed by atoms with Crippen molar-refractivity contribution in [3.8, 4) is 5.75 Å². The number of nitrogens with zero attached hydrogens (tertiary/aromatic N) is 1. The van der Waals surface area contributed by atoms with E-state index < -0.39 is 0 Å². The summed E-state index contributed by atoms with van der Waals surface area (Å²) >= 11 is 0. The summed E-state index contributed by atoms with van der Waals surface area (Å²) in [4.78, 5) is 14.9. The summed E-state index contributed by atoms with van der Waals surface area (Å²) in [6, 6.07) is 18.3. The quantitative estimate of drug-likeness (QED) is 0.621. The van der Waals surface area contributed by atoms with E-state index in [0.717, 1.165) is 36.3 Å². The molecule has 1 unspecified atom stereocenters. The molecule has 5 heteroatoms. The molecule has 0 heterocycles. The molecule has 0 bridgehead atoms. The Kier molecular flexibility index (Phi) is 10.5. The van der Waals surface area contributed by atoms with Crippen LogP contribution in [0.25, 0.3) is 0 Å². The number of hydrogen-bond donors (Lipinski definition) is 1. The normalized spacial score (nSPS) is 11.4. The minimum Gasteiger partial charge on any atom is -0.496 e. The van der Waals surface area contributed by atoms with E-state index in [-0.39, 0.29) is 24.4 Å². The van der Waals surface area contributed by atoms with Gasteiger partial charge in [0.2, 0.25) is 5.91 Å². The fourth-order valence-electron chi connectivity index (χ4n) is 3.13. The Morgan fingerprint density at radius 3 is 2.44 bits per heavy atom. The molecule has 2 aromatic carbocycles. The Labute approximate surface area is 169 Å². The van der Waals surface area contributed by atoms with Crippen LogP contribution in [0.3, 0.4) is 0 Å². The summed E-state index contributed by atoms with van der Waals surface area (Å²) in [5, 5.41) is 3.11. The van der Waals surface area contributed by atoms with Crippen molar-refractivity contribution < 1.29 is 9.53 Å². The first-order chi connectivity index (χ1) is 12.7. The maximum atomic E-state index is 12.9. The maximum absolute atomic E-state index is 12.9. The number of rotatable bonds is 10. The number of ether oxygens (including phenoxy) is 1. The van der Waals surface area contributed by atoms with Crippen molar-refractivity contribution >= 4 is 18.3 Å². The molecule has 0 fully saturated rings. The summed E-state index contributed by atoms with van der Waals surface area (Å²) in [6.45, 7) is 3.60. The molecule has 1 atom stereocenters. The fourth-order valence-corrected chi connectivity index (χ4v) is 3.13. The van der Waals surface area contributed by atoms with E-state index >= 15 is 0 Å². The Bertz CT molecular complexity index is 679. The second-order valence-electron chi connectivity index (χ2n) is 6.58. The van der Waals surface area contributed by atoms with Crippen molar-refractivity contribution in [2.75, 3.05) is 20.7 Å². The van der Waals surface area contributed by atoms with Crippen LogP contribution in [0.4, 0.5) is 0 Å². The number of carbonyl (C=O) groups excluding carboxylic acids is 1. The van der Waals surface area contributed by atoms with Gasteiger partial charge in [-0.15, -0.1) is 12.4 Å². The average Bonchev–Trinajstić information content (AvgIpc) is 2.67. The van der Waals surface area contributed by atoms with Crippen molar-refractivity contribution in [2.24, 2.45) is 0 Å². The minimum absolute atomic E-state index is 0. The number of methoxy groups -OCH3 is 1. The molecule has 148 valence electrons. The van der Waals surface area contributed by atoms with Crippen LogP contribution in [0.5, 0.6) is 5.75 Å². The molecule has 1 amide bonds. The van der Waals surface area contributed by atoms with Gasteiger partial charge in [-0.2, -0.15) is 0 Å². The number of halogens is 1. The van der Waals surface area contributed by atoms with E-state index in [4.69, 9.17) is 4.74 Å². The van der Waals surface area contributed by atoms with Gasteiger partial charge in [0, 0.05) is 19.0 Å². The molecule has 0 aliphatic rings. The molecule has 2 aromatic rings. The van der Waals surface area contributed by atoms with Crippen molar-refractivity contribution in [2.45, 2.75) is 38.8 Å². The molecule has 2 rings (SSSR count). The Morgan fingerprint density at radius 1 is 1.11 bits per heavy atom. The molecular weight excluding hydrogens is 360 g/mol. The molecular formula is C22H31ClN2O2. The zero-order valence-corrected chi connectivity index (χ0v) is 17.3. The Hall–Kier alpha value is -2.04. The van der Waals surface area contributed by atoms with Crippen molar-refractivity contribution in [1.82, 2.24) is 10.2 Å². The van der Waals surface area contributed by atoms with Crippen LogP contribution in [0.15, 0.2) is 54.6 Å². The second-order valence-corrected chi connectivity index (χ2v) is 6.58. The summed E-state index contributed by atoms with van der Waals surface area (Å²) in [7, 11) is 3.60. The van der Waals surface area contributed by atoms with Crippen LogP contribution in [0.1, 0.15) is 30.9 Å². The number of hydrogen-bond acceptors (Lipinski definition) is 3. The third-order valence-corrected chi connectivity index (χ3v) is 4.57. The standard InChI is InChI=1S/C22H30N2O2.ClH/c1-18(16-20-12-7-8-13-21(20)26-3)24(22(25)14-9-15-23-2)17-19-10-5-4-6-11-19;/h4-8,10-13,18,23H,9,14-17H2,1-3H3;1H. The molecule has 0 aromatic heterocycles. The molecule has 4 nitrogen and oxygen atoms in total. The lowest BCUT2D eigenvalue weighted by Gasteiger charge is -2.30. The minimum atomic E-state index is 0. The number of nitrogens with one attached hydrogen (secondary N) is 1. The highest BCUT2D eigenvalue weighted by molar-refractivity contribution is 5.85. The first-order valence-corrected chi connectivity index (χ1v) is 9.25. The smallest absolute Gasteiger partial charge is 0.223 e. The Morgan fingerprint density at radius 2 is 1.78 bits per heavy atom. The van der Waals surface area contributed by atoms with E-state index in [1.807, 2.05) is 48.3 Å². The van der Waals surface area contributed by atoms with Crippen LogP contribution in [0, 0.1) is 0 Å². The predicted octanol–water partition coefficient (Wildman–Crippen LogP) is 4.08. The molecule has 0 radical (unpaired) electrons. The summed E-state index contributed by atoms with van der Waals surface area (Å²) in [5.41, 5.74) is 2.28. The second kappa shape index (κ2) is 12.4. The van der Waals surface area contributed by atoms with Gasteiger partial charge in [0.15, 0.2) is 0 Å². The van der Waals surface area contributed by atoms with Gasteiger partial charge in [0.05, 0.1) is 7.11 Å². The third kappa shape index (κ3) is 7.24. The highest BCUT2D eigenvalue weighted by atomic mass is 35.5. The fraction of sp³-hybridized carbons (Fsp3) is 0.409. The van der Waals surface area contributed by atoms with Gasteiger partial charge >= 0.3 is 0 Å². The van der Waals surface area contributed by atoms with E-state index in [0.29, 0.717) is 13.0 Å². The summed E-state index contributed by atoms with van der Waals surface area (Å²) < 4.78 is 5.47. The maximum Gasteiger partial charge on any atom is 0.223 e. The van der Waals surface area contributed by atoms with Gasteiger partial charge in [-0.25, -0.2) is 0 Å². The molecule has 0 saturated carbocycles. The zero-order chi connectivity index (χ0) is 18.8. The lowest BCUT2D eigenvalue weighted by molar-refractivity contribution is -0.134. The lowest BCUT2D eigenvalue weighted by Crippen LogP contribution is -2.39. The molecule has 0 saturated heterocycles. The topological polar surface area (TPSA) is 41.6 Å². The van der Waals surface area contributed by atoms with Crippen LogP contribution in [-0.4, -0.2) is 37.6 Å². The highest BCUT2D eigenvalue weighted by Gasteiger charge is 2.21. The number of para-hydroxylation sites is 1. The van der Waals surface area contributed by atoms with E-state index in [9.17, 15) is 4.79 Å². The molecule has 27 heavy (non-hydrogen) atoms. The first kappa shape index (κ1) is 23.0. The van der Waals surface area contributed by atoms with Gasteiger partial charge in [-0.05, 0) is 50.6 Å². The lowest BCUT2D eigenvalue weighted by atomic mass is 10.0. The van der Waals surface area contributed by atoms with Gasteiger partial charge < -0.3 is 15.0 Å². The van der Waals surface area contributed by atoms with E-state index in [2.05, 4.69) is 30.4 Å². The largest absolute Gasteiger partial charge is 0.496 e. The van der Waals surface area contributed by atoms with E-state index in [1.54, 1.807) is 7.11 Å². The van der Waals surface area contributed by atoms with Crippen molar-refractivity contribution in [3.63, 3.8) is 0 Å².